The normalized spacial score (nSPS) is 24.0. The quantitative estimate of drug-likeness (QED) is 0.486. The van der Waals surface area contributed by atoms with Crippen molar-refractivity contribution in [3.05, 3.63) is 75.5 Å². The van der Waals surface area contributed by atoms with E-state index >= 15 is 0 Å². The Bertz CT molecular complexity index is 1150. The number of nitrogens with one attached hydrogen (secondary N) is 2. The molecule has 3 unspecified atom stereocenters. The molecular formula is C26H28BrF2N3O2. The Labute approximate surface area is 206 Å². The van der Waals surface area contributed by atoms with Crippen LogP contribution in [0.25, 0.3) is 11.3 Å². The highest BCUT2D eigenvalue weighted by atomic mass is 79.9. The lowest BCUT2D eigenvalue weighted by Crippen LogP contribution is -2.41. The Morgan fingerprint density at radius 1 is 1.32 bits per heavy atom. The summed E-state index contributed by atoms with van der Waals surface area (Å²) in [6, 6.07) is 8.19. The molecule has 1 aliphatic carbocycles. The molecule has 2 heterocycles. The van der Waals surface area contributed by atoms with Gasteiger partial charge in [0.1, 0.15) is 5.69 Å². The van der Waals surface area contributed by atoms with Gasteiger partial charge in [0.2, 0.25) is 5.91 Å². The fourth-order valence-corrected chi connectivity index (χ4v) is 5.28. The maximum Gasteiger partial charge on any atom is 0.216 e. The summed E-state index contributed by atoms with van der Waals surface area (Å²) in [6.45, 7) is 4.85. The first kappa shape index (κ1) is 24.5. The van der Waals surface area contributed by atoms with Gasteiger partial charge in [-0.25, -0.2) is 8.78 Å². The van der Waals surface area contributed by atoms with Gasteiger partial charge in [0.15, 0.2) is 17.4 Å². The van der Waals surface area contributed by atoms with Gasteiger partial charge in [0.05, 0.1) is 4.47 Å². The third-order valence-electron chi connectivity index (χ3n) is 6.36. The number of hydrogen-bond acceptors (Lipinski definition) is 4. The number of rotatable bonds is 6. The highest BCUT2D eigenvalue weighted by Gasteiger charge is 2.33. The molecule has 2 aliphatic rings. The largest absolute Gasteiger partial charge is 0.356 e. The number of aromatic nitrogens is 1. The third kappa shape index (κ3) is 5.55. The van der Waals surface area contributed by atoms with Gasteiger partial charge in [0.25, 0.3) is 0 Å². The van der Waals surface area contributed by atoms with Gasteiger partial charge in [-0.3, -0.25) is 4.79 Å². The molecule has 0 saturated carbocycles. The molecule has 1 aliphatic heterocycles. The Balaban J connectivity index is 1.62. The molecule has 5 nitrogen and oxygen atoms in total. The van der Waals surface area contributed by atoms with E-state index in [4.69, 9.17) is 4.52 Å². The molecular weight excluding hydrogens is 504 g/mol. The molecule has 8 heteroatoms. The van der Waals surface area contributed by atoms with Crippen LogP contribution in [0, 0.1) is 5.92 Å². The maximum absolute atomic E-state index is 13.8. The second-order valence-corrected chi connectivity index (χ2v) is 9.70. The van der Waals surface area contributed by atoms with E-state index in [2.05, 4.69) is 38.6 Å². The average molecular weight is 532 g/mol. The predicted molar refractivity (Wildman–Crippen MR) is 131 cm³/mol. The first-order chi connectivity index (χ1) is 16.3. The van der Waals surface area contributed by atoms with Crippen molar-refractivity contribution in [3.8, 4) is 11.3 Å². The Kier molecular flexibility index (Phi) is 7.78. The lowest BCUT2D eigenvalue weighted by Gasteiger charge is -2.33. The molecule has 34 heavy (non-hydrogen) atoms. The van der Waals surface area contributed by atoms with Crippen LogP contribution in [0.2, 0.25) is 0 Å². The molecule has 0 bridgehead atoms. The number of carbonyl (C=O) groups is 1. The van der Waals surface area contributed by atoms with Crippen LogP contribution >= 0.6 is 15.9 Å². The van der Waals surface area contributed by atoms with E-state index in [0.29, 0.717) is 37.7 Å². The second kappa shape index (κ2) is 10.8. The molecule has 1 amide bonds. The van der Waals surface area contributed by atoms with E-state index in [0.717, 1.165) is 33.3 Å². The monoisotopic (exact) mass is 531 g/mol. The van der Waals surface area contributed by atoms with Crippen LogP contribution < -0.4 is 10.6 Å². The predicted octanol–water partition coefficient (Wildman–Crippen LogP) is 5.90. The number of hydrogen-bond donors (Lipinski definition) is 2. The summed E-state index contributed by atoms with van der Waals surface area (Å²) in [5.74, 6) is -0.938. The molecule has 2 N–H and O–H groups in total. The van der Waals surface area contributed by atoms with Crippen LogP contribution in [0.4, 0.5) is 8.78 Å². The summed E-state index contributed by atoms with van der Waals surface area (Å²) in [5.41, 5.74) is 3.54. The smallest absolute Gasteiger partial charge is 0.216 e. The van der Waals surface area contributed by atoms with E-state index in [1.54, 1.807) is 0 Å². The summed E-state index contributed by atoms with van der Waals surface area (Å²) in [7, 11) is 0. The Morgan fingerprint density at radius 2 is 2.12 bits per heavy atom. The second-order valence-electron chi connectivity index (χ2n) is 8.91. The average Bonchev–Trinajstić information content (AvgIpc) is 3.17. The van der Waals surface area contributed by atoms with Crippen LogP contribution in [0.15, 0.2) is 68.7 Å². The van der Waals surface area contributed by atoms with Crippen molar-refractivity contribution in [1.82, 2.24) is 15.8 Å². The first-order valence-electron chi connectivity index (χ1n) is 11.5. The van der Waals surface area contributed by atoms with Crippen LogP contribution in [0.5, 0.6) is 0 Å². The van der Waals surface area contributed by atoms with Crippen molar-refractivity contribution in [3.63, 3.8) is 0 Å². The van der Waals surface area contributed by atoms with E-state index in [9.17, 15) is 13.6 Å². The number of carbonyl (C=O) groups excluding carboxylic acids is 1. The highest BCUT2D eigenvalue weighted by molar-refractivity contribution is 9.10. The summed E-state index contributed by atoms with van der Waals surface area (Å²) < 4.78 is 33.9. The van der Waals surface area contributed by atoms with Gasteiger partial charge < -0.3 is 15.2 Å². The summed E-state index contributed by atoms with van der Waals surface area (Å²) in [4.78, 5) is 11.2. The standard InChI is InChI=1S/C26H28BrF2N3O2/c1-15-11-19(12-17-7-8-22(28)23(29)13-17)21(14-31-15)25-24(27)26(34-32-25)20-6-4-3-5-18(20)9-10-30-16(2)33/h3-6,8,12-13,15,19,21,31H,7,9-11,14H2,1-2H3,(H,30,33). The zero-order valence-corrected chi connectivity index (χ0v) is 20.8. The van der Waals surface area contributed by atoms with E-state index in [-0.39, 0.29) is 17.7 Å². The van der Waals surface area contributed by atoms with Gasteiger partial charge in [0, 0.05) is 37.5 Å². The van der Waals surface area contributed by atoms with Gasteiger partial charge >= 0.3 is 0 Å². The lowest BCUT2D eigenvalue weighted by molar-refractivity contribution is -0.118. The minimum atomic E-state index is -0.822. The molecule has 0 radical (unpaired) electrons. The summed E-state index contributed by atoms with van der Waals surface area (Å²) in [6.07, 6.45) is 6.50. The Hall–Kier alpha value is -2.58. The van der Waals surface area contributed by atoms with Gasteiger partial charge in [-0.15, -0.1) is 0 Å². The van der Waals surface area contributed by atoms with Gasteiger partial charge in [-0.2, -0.15) is 0 Å². The number of halogens is 3. The molecule has 3 atom stereocenters. The molecule has 0 spiro atoms. The van der Waals surface area contributed by atoms with Crippen molar-refractivity contribution in [2.24, 2.45) is 5.92 Å². The maximum atomic E-state index is 13.8. The van der Waals surface area contributed by atoms with Crippen LogP contribution in [-0.4, -0.2) is 30.2 Å². The number of piperidine rings is 1. The highest BCUT2D eigenvalue weighted by Crippen LogP contribution is 2.41. The molecule has 4 rings (SSSR count). The first-order valence-corrected chi connectivity index (χ1v) is 12.3. The van der Waals surface area contributed by atoms with Crippen molar-refractivity contribution < 1.29 is 18.1 Å². The minimum Gasteiger partial charge on any atom is -0.356 e. The molecule has 1 aromatic carbocycles. The molecule has 1 aromatic heterocycles. The van der Waals surface area contributed by atoms with Crippen LogP contribution in [0.1, 0.15) is 43.9 Å². The topological polar surface area (TPSA) is 67.2 Å². The summed E-state index contributed by atoms with van der Waals surface area (Å²) >= 11 is 3.73. The molecule has 2 aromatic rings. The number of amides is 1. The molecule has 1 saturated heterocycles. The number of benzene rings is 1. The van der Waals surface area contributed by atoms with Crippen molar-refractivity contribution in [2.75, 3.05) is 13.1 Å². The zero-order valence-electron chi connectivity index (χ0n) is 19.2. The van der Waals surface area contributed by atoms with Crippen LogP contribution in [0.3, 0.4) is 0 Å². The molecule has 180 valence electrons. The van der Waals surface area contributed by atoms with Crippen molar-refractivity contribution in [1.29, 1.82) is 0 Å². The van der Waals surface area contributed by atoms with Crippen molar-refractivity contribution in [2.45, 2.75) is 45.1 Å². The van der Waals surface area contributed by atoms with Gasteiger partial charge in [-0.1, -0.05) is 35.5 Å². The zero-order chi connectivity index (χ0) is 24.2. The Morgan fingerprint density at radius 3 is 2.88 bits per heavy atom. The fraction of sp³-hybridized carbons (Fsp3) is 0.385. The van der Waals surface area contributed by atoms with Crippen molar-refractivity contribution >= 4 is 21.8 Å². The van der Waals surface area contributed by atoms with E-state index < -0.39 is 11.7 Å². The lowest BCUT2D eigenvalue weighted by atomic mass is 9.79. The number of allylic oxidation sites excluding steroid dienone is 6. The third-order valence-corrected chi connectivity index (χ3v) is 7.12. The number of nitrogens with zero attached hydrogens (tertiary/aromatic N) is 1. The SMILES string of the molecule is CC(=O)NCCc1ccccc1-c1onc(C2CNC(C)CC2C=C2C=C(F)C(F)=CC2)c1Br. The fourth-order valence-electron chi connectivity index (χ4n) is 4.63. The van der Waals surface area contributed by atoms with E-state index in [1.807, 2.05) is 30.3 Å². The minimum absolute atomic E-state index is 0.00864. The summed E-state index contributed by atoms with van der Waals surface area (Å²) in [5, 5.41) is 10.8. The van der Waals surface area contributed by atoms with Crippen LogP contribution in [-0.2, 0) is 11.2 Å². The van der Waals surface area contributed by atoms with E-state index in [1.165, 1.54) is 19.1 Å². The van der Waals surface area contributed by atoms with Gasteiger partial charge in [-0.05, 0) is 71.3 Å². The molecule has 1 fully saturated rings.